The second-order valence-corrected chi connectivity index (χ2v) is 5.68. The Bertz CT molecular complexity index is 452. The molecule has 6 nitrogen and oxygen atoms in total. The molecule has 0 unspecified atom stereocenters. The fraction of sp³-hybridized carbons (Fsp3) is 0.714. The summed E-state index contributed by atoms with van der Waals surface area (Å²) in [6.45, 7) is 6.13. The molecule has 20 heavy (non-hydrogen) atoms. The summed E-state index contributed by atoms with van der Waals surface area (Å²) in [6, 6.07) is 0. The van der Waals surface area contributed by atoms with Crippen molar-refractivity contribution < 1.29 is 9.53 Å². The minimum atomic E-state index is -0.229. The van der Waals surface area contributed by atoms with E-state index in [1.807, 2.05) is 13.8 Å². The Labute approximate surface area is 119 Å². The number of ether oxygens (including phenoxy) is 1. The number of carbonyl (C=O) groups is 1. The first kappa shape index (κ1) is 14.8. The summed E-state index contributed by atoms with van der Waals surface area (Å²) in [4.78, 5) is 11.9. The highest BCUT2D eigenvalue weighted by Gasteiger charge is 2.21. The van der Waals surface area contributed by atoms with Crippen molar-refractivity contribution >= 4 is 11.6 Å². The Balaban J connectivity index is 1.68. The summed E-state index contributed by atoms with van der Waals surface area (Å²) in [6.07, 6.45) is 3.40. The number of nitrogens with one attached hydrogen (secondary N) is 2. The minimum absolute atomic E-state index is 0.222. The summed E-state index contributed by atoms with van der Waals surface area (Å²) in [5, 5.41) is 9.63. The van der Waals surface area contributed by atoms with E-state index >= 15 is 0 Å². The molecule has 112 valence electrons. The highest BCUT2D eigenvalue weighted by molar-refractivity contribution is 5.97. The zero-order chi connectivity index (χ0) is 14.5. The molecule has 0 aromatic carbocycles. The molecule has 6 heteroatoms. The lowest BCUT2D eigenvalue weighted by Crippen LogP contribution is -2.26. The highest BCUT2D eigenvalue weighted by Crippen LogP contribution is 2.28. The van der Waals surface area contributed by atoms with Gasteiger partial charge in [-0.05, 0) is 31.1 Å². The van der Waals surface area contributed by atoms with Crippen LogP contribution in [-0.4, -0.2) is 35.9 Å². The lowest BCUT2D eigenvalue weighted by Gasteiger charge is -2.05. The van der Waals surface area contributed by atoms with Crippen molar-refractivity contribution in [2.24, 2.45) is 5.92 Å². The van der Waals surface area contributed by atoms with Crippen LogP contribution in [0.25, 0.3) is 0 Å². The molecule has 0 aliphatic heterocycles. The third-order valence-electron chi connectivity index (χ3n) is 3.43. The SMILES string of the molecule is CC(C)c1[nH]nc(C(=O)NCCCOCC2CC2)c1N. The molecule has 1 saturated carbocycles. The van der Waals surface area contributed by atoms with Crippen LogP contribution in [0.3, 0.4) is 0 Å². The molecule has 1 heterocycles. The van der Waals surface area contributed by atoms with Gasteiger partial charge < -0.3 is 15.8 Å². The molecule has 1 amide bonds. The molecule has 0 spiro atoms. The van der Waals surface area contributed by atoms with E-state index in [-0.39, 0.29) is 17.5 Å². The van der Waals surface area contributed by atoms with E-state index in [4.69, 9.17) is 10.5 Å². The van der Waals surface area contributed by atoms with E-state index in [1.165, 1.54) is 12.8 Å². The maximum Gasteiger partial charge on any atom is 0.273 e. The number of nitrogens with zero attached hydrogens (tertiary/aromatic N) is 1. The predicted molar refractivity (Wildman–Crippen MR) is 77.6 cm³/mol. The molecule has 2 rings (SSSR count). The van der Waals surface area contributed by atoms with Crippen LogP contribution < -0.4 is 11.1 Å². The summed E-state index contributed by atoms with van der Waals surface area (Å²) < 4.78 is 5.51. The van der Waals surface area contributed by atoms with Crippen LogP contribution in [0.4, 0.5) is 5.69 Å². The van der Waals surface area contributed by atoms with E-state index in [9.17, 15) is 4.79 Å². The average Bonchev–Trinajstić information content (AvgIpc) is 3.14. The first-order chi connectivity index (χ1) is 9.59. The van der Waals surface area contributed by atoms with E-state index in [0.29, 0.717) is 18.8 Å². The van der Waals surface area contributed by atoms with Gasteiger partial charge >= 0.3 is 0 Å². The normalized spacial score (nSPS) is 14.8. The summed E-state index contributed by atoms with van der Waals surface area (Å²) in [7, 11) is 0. The Morgan fingerprint density at radius 1 is 1.55 bits per heavy atom. The number of H-pyrrole nitrogens is 1. The largest absolute Gasteiger partial charge is 0.395 e. The Morgan fingerprint density at radius 2 is 2.30 bits per heavy atom. The molecule has 0 radical (unpaired) electrons. The van der Waals surface area contributed by atoms with Crippen LogP contribution in [0.5, 0.6) is 0 Å². The summed E-state index contributed by atoms with van der Waals surface area (Å²) >= 11 is 0. The number of nitrogen functional groups attached to an aromatic ring is 1. The van der Waals surface area contributed by atoms with Crippen molar-refractivity contribution in [2.45, 2.75) is 39.0 Å². The van der Waals surface area contributed by atoms with Gasteiger partial charge in [0.15, 0.2) is 5.69 Å². The van der Waals surface area contributed by atoms with Gasteiger partial charge in [-0.2, -0.15) is 5.10 Å². The van der Waals surface area contributed by atoms with Crippen molar-refractivity contribution in [1.82, 2.24) is 15.5 Å². The van der Waals surface area contributed by atoms with E-state index < -0.39 is 0 Å². The van der Waals surface area contributed by atoms with Gasteiger partial charge in [0.1, 0.15) is 0 Å². The predicted octanol–water partition coefficient (Wildman–Crippen LogP) is 1.66. The minimum Gasteiger partial charge on any atom is -0.395 e. The Morgan fingerprint density at radius 3 is 2.90 bits per heavy atom. The Hall–Kier alpha value is -1.56. The van der Waals surface area contributed by atoms with Gasteiger partial charge in [-0.25, -0.2) is 0 Å². The van der Waals surface area contributed by atoms with E-state index in [1.54, 1.807) is 0 Å². The number of nitrogens with two attached hydrogens (primary N) is 1. The molecular weight excluding hydrogens is 256 g/mol. The van der Waals surface area contributed by atoms with Crippen molar-refractivity contribution in [3.8, 4) is 0 Å². The van der Waals surface area contributed by atoms with Crippen LogP contribution in [0.1, 0.15) is 55.2 Å². The van der Waals surface area contributed by atoms with Gasteiger partial charge in [0.05, 0.1) is 11.4 Å². The molecule has 1 aromatic rings. The van der Waals surface area contributed by atoms with Crippen LogP contribution in [0, 0.1) is 5.92 Å². The van der Waals surface area contributed by atoms with Gasteiger partial charge in [-0.1, -0.05) is 13.8 Å². The van der Waals surface area contributed by atoms with Gasteiger partial charge in [0.25, 0.3) is 5.91 Å². The Kier molecular flexibility index (Phi) is 5.00. The van der Waals surface area contributed by atoms with Crippen molar-refractivity contribution in [1.29, 1.82) is 0 Å². The molecule has 1 aliphatic carbocycles. The molecular formula is C14H24N4O2. The molecule has 1 aromatic heterocycles. The van der Waals surface area contributed by atoms with E-state index in [0.717, 1.165) is 24.6 Å². The van der Waals surface area contributed by atoms with Gasteiger partial charge in [0, 0.05) is 19.8 Å². The number of rotatable bonds is 8. The van der Waals surface area contributed by atoms with Crippen molar-refractivity contribution in [3.05, 3.63) is 11.4 Å². The third-order valence-corrected chi connectivity index (χ3v) is 3.43. The highest BCUT2D eigenvalue weighted by atomic mass is 16.5. The van der Waals surface area contributed by atoms with Gasteiger partial charge in [0.2, 0.25) is 0 Å². The molecule has 1 fully saturated rings. The van der Waals surface area contributed by atoms with Crippen molar-refractivity contribution in [2.75, 3.05) is 25.5 Å². The fourth-order valence-electron chi connectivity index (χ4n) is 1.97. The standard InChI is InChI=1S/C14H24N4O2/c1-9(2)12-11(15)13(18-17-12)14(19)16-6-3-7-20-8-10-4-5-10/h9-10H,3-8,15H2,1-2H3,(H,16,19)(H,17,18). The first-order valence-corrected chi connectivity index (χ1v) is 7.29. The smallest absolute Gasteiger partial charge is 0.273 e. The zero-order valence-electron chi connectivity index (χ0n) is 12.2. The van der Waals surface area contributed by atoms with Gasteiger partial charge in [-0.3, -0.25) is 9.89 Å². The lowest BCUT2D eigenvalue weighted by atomic mass is 10.1. The topological polar surface area (TPSA) is 93.0 Å². The molecule has 0 bridgehead atoms. The molecule has 0 saturated heterocycles. The third kappa shape index (κ3) is 3.96. The fourth-order valence-corrected chi connectivity index (χ4v) is 1.97. The second-order valence-electron chi connectivity index (χ2n) is 5.68. The summed E-state index contributed by atoms with van der Waals surface area (Å²) in [5.74, 6) is 0.774. The molecule has 0 atom stereocenters. The maximum absolute atomic E-state index is 11.9. The first-order valence-electron chi connectivity index (χ1n) is 7.29. The van der Waals surface area contributed by atoms with Crippen LogP contribution in [0.15, 0.2) is 0 Å². The number of aromatic nitrogens is 2. The molecule has 4 N–H and O–H groups in total. The maximum atomic E-state index is 11.9. The number of aromatic amines is 1. The zero-order valence-corrected chi connectivity index (χ0v) is 12.2. The number of amides is 1. The second kappa shape index (κ2) is 6.74. The van der Waals surface area contributed by atoms with Gasteiger partial charge in [-0.15, -0.1) is 0 Å². The quantitative estimate of drug-likeness (QED) is 0.631. The number of anilines is 1. The number of hydrogen-bond acceptors (Lipinski definition) is 4. The van der Waals surface area contributed by atoms with Crippen LogP contribution in [-0.2, 0) is 4.74 Å². The summed E-state index contributed by atoms with van der Waals surface area (Å²) in [5.41, 5.74) is 7.46. The monoisotopic (exact) mass is 280 g/mol. The van der Waals surface area contributed by atoms with Crippen molar-refractivity contribution in [3.63, 3.8) is 0 Å². The lowest BCUT2D eigenvalue weighted by molar-refractivity contribution is 0.0933. The number of carbonyl (C=O) groups excluding carboxylic acids is 1. The van der Waals surface area contributed by atoms with Crippen LogP contribution in [0.2, 0.25) is 0 Å². The van der Waals surface area contributed by atoms with Crippen LogP contribution >= 0.6 is 0 Å². The molecule has 1 aliphatic rings. The average molecular weight is 280 g/mol. The number of hydrogen-bond donors (Lipinski definition) is 3. The van der Waals surface area contributed by atoms with E-state index in [2.05, 4.69) is 15.5 Å².